The fourth-order valence-electron chi connectivity index (χ4n) is 2.80. The third-order valence-corrected chi connectivity index (χ3v) is 4.30. The van der Waals surface area contributed by atoms with E-state index in [1.807, 2.05) is 12.1 Å². The van der Waals surface area contributed by atoms with E-state index in [0.29, 0.717) is 29.2 Å². The Hall–Kier alpha value is -2.34. The van der Waals surface area contributed by atoms with Crippen LogP contribution in [0.5, 0.6) is 0 Å². The van der Waals surface area contributed by atoms with Crippen LogP contribution in [0, 0.1) is 0 Å². The van der Waals surface area contributed by atoms with E-state index >= 15 is 0 Å². The van der Waals surface area contributed by atoms with E-state index in [-0.39, 0.29) is 5.91 Å². The van der Waals surface area contributed by atoms with Gasteiger partial charge in [0.25, 0.3) is 5.91 Å². The van der Waals surface area contributed by atoms with Crippen molar-refractivity contribution >= 4 is 23.5 Å². The molecule has 3 rings (SSSR count). The maximum Gasteiger partial charge on any atom is 0.326 e. The van der Waals surface area contributed by atoms with Gasteiger partial charge in [0.1, 0.15) is 6.04 Å². The van der Waals surface area contributed by atoms with Crippen LogP contribution in [0.2, 0.25) is 5.02 Å². The number of likely N-dealkylation sites (tertiary alicyclic amines) is 1. The summed E-state index contributed by atoms with van der Waals surface area (Å²) in [5.41, 5.74) is 1.03. The van der Waals surface area contributed by atoms with Crippen LogP contribution in [0.25, 0.3) is 5.69 Å². The number of rotatable bonds is 3. The number of amides is 1. The molecule has 1 aliphatic rings. The second kappa shape index (κ2) is 6.42. The van der Waals surface area contributed by atoms with Crippen LogP contribution >= 0.6 is 11.6 Å². The molecule has 1 aromatic heterocycles. The number of benzene rings is 1. The van der Waals surface area contributed by atoms with Crippen LogP contribution in [-0.2, 0) is 4.79 Å². The first-order valence-corrected chi connectivity index (χ1v) is 7.79. The summed E-state index contributed by atoms with van der Waals surface area (Å²) < 4.78 is 1.52. The smallest absolute Gasteiger partial charge is 0.326 e. The summed E-state index contributed by atoms with van der Waals surface area (Å²) in [6.07, 6.45) is 5.14. The molecular weight excluding hydrogens is 318 g/mol. The number of hydrogen-bond donors (Lipinski definition) is 1. The fourth-order valence-corrected chi connectivity index (χ4v) is 3.02. The van der Waals surface area contributed by atoms with Crippen molar-refractivity contribution in [1.82, 2.24) is 14.7 Å². The molecule has 0 saturated carbocycles. The number of carbonyl (C=O) groups is 2. The van der Waals surface area contributed by atoms with Crippen LogP contribution in [0.4, 0.5) is 0 Å². The predicted octanol–water partition coefficient (Wildman–Crippen LogP) is 2.61. The van der Waals surface area contributed by atoms with E-state index in [0.717, 1.165) is 12.8 Å². The molecule has 1 amide bonds. The van der Waals surface area contributed by atoms with Gasteiger partial charge < -0.3 is 10.0 Å². The van der Waals surface area contributed by atoms with Crippen LogP contribution in [0.15, 0.2) is 36.7 Å². The topological polar surface area (TPSA) is 75.4 Å². The zero-order valence-corrected chi connectivity index (χ0v) is 13.1. The molecule has 1 aliphatic heterocycles. The molecule has 23 heavy (non-hydrogen) atoms. The van der Waals surface area contributed by atoms with Gasteiger partial charge in [-0.25, -0.2) is 9.48 Å². The molecule has 1 fully saturated rings. The summed E-state index contributed by atoms with van der Waals surface area (Å²) in [5.74, 6) is -1.27. The quantitative estimate of drug-likeness (QED) is 0.936. The van der Waals surface area contributed by atoms with Crippen LogP contribution in [0.3, 0.4) is 0 Å². The van der Waals surface area contributed by atoms with E-state index in [9.17, 15) is 14.7 Å². The molecule has 2 heterocycles. The Morgan fingerprint density at radius 1 is 1.26 bits per heavy atom. The lowest BCUT2D eigenvalue weighted by molar-refractivity contribution is -0.143. The SMILES string of the molecule is O=C(O)[C@H]1CCCCN1C(=O)c1cnn(-c2ccccc2Cl)c1. The van der Waals surface area contributed by atoms with Crippen molar-refractivity contribution in [3.05, 3.63) is 47.2 Å². The summed E-state index contributed by atoms with van der Waals surface area (Å²) in [7, 11) is 0. The molecule has 2 aromatic rings. The normalized spacial score (nSPS) is 18.0. The van der Waals surface area contributed by atoms with Gasteiger partial charge in [-0.2, -0.15) is 5.10 Å². The van der Waals surface area contributed by atoms with Crippen molar-refractivity contribution in [2.24, 2.45) is 0 Å². The second-order valence-electron chi connectivity index (χ2n) is 5.47. The molecule has 120 valence electrons. The maximum atomic E-state index is 12.6. The predicted molar refractivity (Wildman–Crippen MR) is 84.9 cm³/mol. The molecular formula is C16H16ClN3O3. The average Bonchev–Trinajstić information content (AvgIpc) is 3.04. The standard InChI is InChI=1S/C16H16ClN3O3/c17-12-5-1-2-6-13(12)20-10-11(9-18-20)15(21)19-8-4-3-7-14(19)16(22)23/h1-2,5-6,9-10,14H,3-4,7-8H2,(H,22,23)/t14-/m1/s1. The summed E-state index contributed by atoms with van der Waals surface area (Å²) in [5, 5.41) is 14.0. The number of piperidine rings is 1. The third-order valence-electron chi connectivity index (χ3n) is 3.98. The first kappa shape index (κ1) is 15.6. The van der Waals surface area contributed by atoms with E-state index in [2.05, 4.69) is 5.10 Å². The Morgan fingerprint density at radius 2 is 2.04 bits per heavy atom. The summed E-state index contributed by atoms with van der Waals surface area (Å²) >= 11 is 6.13. The minimum atomic E-state index is -0.962. The number of carboxylic acid groups (broad SMARTS) is 1. The van der Waals surface area contributed by atoms with Gasteiger partial charge in [0.15, 0.2) is 0 Å². The third kappa shape index (κ3) is 3.07. The highest BCUT2D eigenvalue weighted by atomic mass is 35.5. The number of para-hydroxylation sites is 1. The van der Waals surface area contributed by atoms with E-state index in [1.165, 1.54) is 15.8 Å². The van der Waals surface area contributed by atoms with Crippen LogP contribution < -0.4 is 0 Å². The fraction of sp³-hybridized carbons (Fsp3) is 0.312. The average molecular weight is 334 g/mol. The minimum Gasteiger partial charge on any atom is -0.480 e. The zero-order chi connectivity index (χ0) is 16.4. The van der Waals surface area contributed by atoms with Crippen molar-refractivity contribution in [2.45, 2.75) is 25.3 Å². The number of halogens is 1. The van der Waals surface area contributed by atoms with E-state index in [4.69, 9.17) is 11.6 Å². The molecule has 0 spiro atoms. The summed E-state index contributed by atoms with van der Waals surface area (Å²) in [6, 6.07) is 6.41. The highest BCUT2D eigenvalue weighted by molar-refractivity contribution is 6.32. The highest BCUT2D eigenvalue weighted by Gasteiger charge is 2.32. The van der Waals surface area contributed by atoms with Crippen molar-refractivity contribution < 1.29 is 14.7 Å². The first-order chi connectivity index (χ1) is 11.1. The highest BCUT2D eigenvalue weighted by Crippen LogP contribution is 2.22. The molecule has 0 bridgehead atoms. The molecule has 1 atom stereocenters. The first-order valence-electron chi connectivity index (χ1n) is 7.41. The molecule has 1 saturated heterocycles. The lowest BCUT2D eigenvalue weighted by atomic mass is 10.0. The van der Waals surface area contributed by atoms with E-state index in [1.54, 1.807) is 18.3 Å². The molecule has 0 unspecified atom stereocenters. The Bertz CT molecular complexity index is 744. The number of carbonyl (C=O) groups excluding carboxylic acids is 1. The van der Waals surface area contributed by atoms with Gasteiger partial charge in [-0.1, -0.05) is 23.7 Å². The number of carboxylic acids is 1. The Labute approximate surface area is 138 Å². The lowest BCUT2D eigenvalue weighted by Gasteiger charge is -2.32. The number of hydrogen-bond acceptors (Lipinski definition) is 3. The van der Waals surface area contributed by atoms with Gasteiger partial charge >= 0.3 is 5.97 Å². The minimum absolute atomic E-state index is 0.310. The molecule has 0 radical (unpaired) electrons. The molecule has 0 aliphatic carbocycles. The van der Waals surface area contributed by atoms with Gasteiger partial charge in [0, 0.05) is 12.7 Å². The Kier molecular flexibility index (Phi) is 4.34. The molecule has 6 nitrogen and oxygen atoms in total. The van der Waals surface area contributed by atoms with Crippen molar-refractivity contribution in [1.29, 1.82) is 0 Å². The molecule has 1 aromatic carbocycles. The second-order valence-corrected chi connectivity index (χ2v) is 5.88. The molecule has 1 N–H and O–H groups in total. The Morgan fingerprint density at radius 3 is 2.78 bits per heavy atom. The molecule has 7 heteroatoms. The number of aromatic nitrogens is 2. The zero-order valence-electron chi connectivity index (χ0n) is 12.4. The van der Waals surface area contributed by atoms with Gasteiger partial charge in [-0.15, -0.1) is 0 Å². The number of aliphatic carboxylic acids is 1. The largest absolute Gasteiger partial charge is 0.480 e. The van der Waals surface area contributed by atoms with Crippen LogP contribution in [0.1, 0.15) is 29.6 Å². The summed E-state index contributed by atoms with van der Waals surface area (Å²) in [4.78, 5) is 25.4. The van der Waals surface area contributed by atoms with Gasteiger partial charge in [0.05, 0.1) is 22.5 Å². The van der Waals surface area contributed by atoms with Crippen molar-refractivity contribution in [2.75, 3.05) is 6.54 Å². The van der Waals surface area contributed by atoms with Crippen molar-refractivity contribution in [3.63, 3.8) is 0 Å². The maximum absolute atomic E-state index is 12.6. The van der Waals surface area contributed by atoms with Crippen molar-refractivity contribution in [3.8, 4) is 5.69 Å². The monoisotopic (exact) mass is 333 g/mol. The van der Waals surface area contributed by atoms with Gasteiger partial charge in [0.2, 0.25) is 0 Å². The van der Waals surface area contributed by atoms with Gasteiger partial charge in [-0.3, -0.25) is 4.79 Å². The summed E-state index contributed by atoms with van der Waals surface area (Å²) in [6.45, 7) is 0.451. The lowest BCUT2D eigenvalue weighted by Crippen LogP contribution is -2.47. The number of nitrogens with zero attached hydrogens (tertiary/aromatic N) is 3. The van der Waals surface area contributed by atoms with E-state index < -0.39 is 12.0 Å². The Balaban J connectivity index is 1.86. The van der Waals surface area contributed by atoms with Crippen LogP contribution in [-0.4, -0.2) is 44.3 Å². The van der Waals surface area contributed by atoms with Gasteiger partial charge in [-0.05, 0) is 31.4 Å².